The number of fused-ring (bicyclic) bond motifs is 1. The Morgan fingerprint density at radius 2 is 2.20 bits per heavy atom. The highest BCUT2D eigenvalue weighted by atomic mass is 16.6. The lowest BCUT2D eigenvalue weighted by atomic mass is 10.1. The summed E-state index contributed by atoms with van der Waals surface area (Å²) in [5.74, 6) is 0.811. The molecule has 100 valence electrons. The number of nitro groups is 1. The fourth-order valence-corrected chi connectivity index (χ4v) is 1.93. The Kier molecular flexibility index (Phi) is 2.75. The van der Waals surface area contributed by atoms with Crippen LogP contribution in [0.25, 0.3) is 11.2 Å². The number of aromatic amines is 1. The van der Waals surface area contributed by atoms with Crippen LogP contribution < -0.4 is 5.73 Å². The molecule has 0 amide bonds. The van der Waals surface area contributed by atoms with Gasteiger partial charge in [0.05, 0.1) is 11.1 Å². The van der Waals surface area contributed by atoms with Gasteiger partial charge in [-0.2, -0.15) is 4.98 Å². The molecule has 0 aliphatic rings. The molecule has 0 spiro atoms. The van der Waals surface area contributed by atoms with Gasteiger partial charge in [0.25, 0.3) is 5.69 Å². The number of hydrogen-bond acceptors (Lipinski definition) is 6. The van der Waals surface area contributed by atoms with E-state index in [2.05, 4.69) is 19.9 Å². The monoisotopic (exact) mass is 270 g/mol. The van der Waals surface area contributed by atoms with E-state index in [1.165, 1.54) is 12.1 Å². The number of nitro benzene ring substituents is 1. The highest BCUT2D eigenvalue weighted by molar-refractivity contribution is 5.70. The van der Waals surface area contributed by atoms with Crippen molar-refractivity contribution in [3.63, 3.8) is 0 Å². The topological polar surface area (TPSA) is 124 Å². The van der Waals surface area contributed by atoms with Gasteiger partial charge < -0.3 is 10.7 Å². The standard InChI is InChI=1S/C12H10N6O2/c13-12-14-6-9-11(17-12)16-10(15-9)5-7-2-1-3-8(4-7)18(19)20/h1-4,6H,5H2,(H3,13,14,15,16,17). The van der Waals surface area contributed by atoms with Gasteiger partial charge in [-0.15, -0.1) is 0 Å². The van der Waals surface area contributed by atoms with Crippen LogP contribution >= 0.6 is 0 Å². The first kappa shape index (κ1) is 12.0. The molecule has 8 nitrogen and oxygen atoms in total. The lowest BCUT2D eigenvalue weighted by molar-refractivity contribution is -0.384. The van der Waals surface area contributed by atoms with Crippen LogP contribution in [0.4, 0.5) is 11.6 Å². The SMILES string of the molecule is Nc1ncc2[nH]c(Cc3cccc([N+](=O)[O-])c3)nc2n1. The molecule has 0 aliphatic heterocycles. The number of rotatable bonds is 3. The Bertz CT molecular complexity index is 797. The number of non-ortho nitro benzene ring substituents is 1. The molecule has 0 atom stereocenters. The molecule has 0 saturated carbocycles. The Morgan fingerprint density at radius 1 is 1.35 bits per heavy atom. The highest BCUT2D eigenvalue weighted by Crippen LogP contribution is 2.16. The van der Waals surface area contributed by atoms with Crippen molar-refractivity contribution in [2.45, 2.75) is 6.42 Å². The van der Waals surface area contributed by atoms with Crippen molar-refractivity contribution < 1.29 is 4.92 Å². The van der Waals surface area contributed by atoms with E-state index in [1.807, 2.05) is 0 Å². The van der Waals surface area contributed by atoms with Crippen molar-refractivity contribution in [3.8, 4) is 0 Å². The molecule has 20 heavy (non-hydrogen) atoms. The third kappa shape index (κ3) is 2.26. The summed E-state index contributed by atoms with van der Waals surface area (Å²) in [4.78, 5) is 25.5. The lowest BCUT2D eigenvalue weighted by Crippen LogP contribution is -1.94. The van der Waals surface area contributed by atoms with E-state index in [9.17, 15) is 10.1 Å². The van der Waals surface area contributed by atoms with Gasteiger partial charge in [-0.05, 0) is 5.56 Å². The molecule has 2 heterocycles. The molecule has 0 fully saturated rings. The van der Waals surface area contributed by atoms with Crippen molar-refractivity contribution in [2.75, 3.05) is 5.73 Å². The van der Waals surface area contributed by atoms with Crippen LogP contribution in [0.5, 0.6) is 0 Å². The molecule has 3 rings (SSSR count). The molecule has 0 unspecified atom stereocenters. The van der Waals surface area contributed by atoms with E-state index < -0.39 is 4.92 Å². The van der Waals surface area contributed by atoms with Gasteiger partial charge in [-0.25, -0.2) is 9.97 Å². The number of benzene rings is 1. The van der Waals surface area contributed by atoms with Crippen molar-refractivity contribution in [1.82, 2.24) is 19.9 Å². The molecule has 0 radical (unpaired) electrons. The van der Waals surface area contributed by atoms with E-state index in [0.717, 1.165) is 5.56 Å². The summed E-state index contributed by atoms with van der Waals surface area (Å²) in [5, 5.41) is 10.7. The number of nitrogens with zero attached hydrogens (tertiary/aromatic N) is 4. The highest BCUT2D eigenvalue weighted by Gasteiger charge is 2.09. The first-order valence-electron chi connectivity index (χ1n) is 5.82. The summed E-state index contributed by atoms with van der Waals surface area (Å²) < 4.78 is 0. The van der Waals surface area contributed by atoms with Gasteiger partial charge in [0.1, 0.15) is 11.3 Å². The normalized spacial score (nSPS) is 10.8. The molecular formula is C12H10N6O2. The van der Waals surface area contributed by atoms with Crippen LogP contribution in [-0.4, -0.2) is 24.9 Å². The number of nitrogens with two attached hydrogens (primary N) is 1. The summed E-state index contributed by atoms with van der Waals surface area (Å²) in [5.41, 5.74) is 7.50. The number of aromatic nitrogens is 4. The van der Waals surface area contributed by atoms with Gasteiger partial charge in [-0.1, -0.05) is 12.1 Å². The fourth-order valence-electron chi connectivity index (χ4n) is 1.93. The zero-order valence-electron chi connectivity index (χ0n) is 10.3. The molecular weight excluding hydrogens is 260 g/mol. The van der Waals surface area contributed by atoms with Crippen LogP contribution in [0.15, 0.2) is 30.5 Å². The summed E-state index contributed by atoms with van der Waals surface area (Å²) in [6.45, 7) is 0. The average molecular weight is 270 g/mol. The number of anilines is 1. The summed E-state index contributed by atoms with van der Waals surface area (Å²) in [6.07, 6.45) is 2.00. The minimum Gasteiger partial charge on any atom is -0.368 e. The van der Waals surface area contributed by atoms with Crippen molar-refractivity contribution in [3.05, 3.63) is 52.0 Å². The summed E-state index contributed by atoms with van der Waals surface area (Å²) >= 11 is 0. The van der Waals surface area contributed by atoms with E-state index in [4.69, 9.17) is 5.73 Å². The number of H-pyrrole nitrogens is 1. The zero-order valence-corrected chi connectivity index (χ0v) is 10.3. The Morgan fingerprint density at radius 3 is 3.00 bits per heavy atom. The number of nitrogens with one attached hydrogen (secondary N) is 1. The van der Waals surface area contributed by atoms with Crippen LogP contribution in [0.1, 0.15) is 11.4 Å². The van der Waals surface area contributed by atoms with Crippen LogP contribution in [0.3, 0.4) is 0 Å². The van der Waals surface area contributed by atoms with E-state index >= 15 is 0 Å². The predicted molar refractivity (Wildman–Crippen MR) is 72.0 cm³/mol. The Hall–Kier alpha value is -3.03. The summed E-state index contributed by atoms with van der Waals surface area (Å²) in [7, 11) is 0. The van der Waals surface area contributed by atoms with Crippen molar-refractivity contribution >= 4 is 22.8 Å². The maximum absolute atomic E-state index is 10.7. The largest absolute Gasteiger partial charge is 0.368 e. The van der Waals surface area contributed by atoms with Crippen LogP contribution in [-0.2, 0) is 6.42 Å². The van der Waals surface area contributed by atoms with Crippen LogP contribution in [0, 0.1) is 10.1 Å². The molecule has 0 bridgehead atoms. The minimum atomic E-state index is -0.422. The zero-order chi connectivity index (χ0) is 14.1. The molecule has 2 aromatic heterocycles. The molecule has 0 aliphatic carbocycles. The Balaban J connectivity index is 1.92. The number of hydrogen-bond donors (Lipinski definition) is 2. The van der Waals surface area contributed by atoms with Gasteiger partial charge in [0.15, 0.2) is 5.65 Å². The maximum atomic E-state index is 10.7. The molecule has 0 saturated heterocycles. The van der Waals surface area contributed by atoms with Crippen molar-refractivity contribution in [1.29, 1.82) is 0 Å². The van der Waals surface area contributed by atoms with Gasteiger partial charge in [0.2, 0.25) is 5.95 Å². The molecule has 3 N–H and O–H groups in total. The third-order valence-electron chi connectivity index (χ3n) is 2.80. The first-order valence-corrected chi connectivity index (χ1v) is 5.82. The molecule has 8 heteroatoms. The van der Waals surface area contributed by atoms with Gasteiger partial charge >= 0.3 is 0 Å². The van der Waals surface area contributed by atoms with E-state index in [1.54, 1.807) is 18.3 Å². The van der Waals surface area contributed by atoms with E-state index in [-0.39, 0.29) is 11.6 Å². The molecule has 3 aromatic rings. The average Bonchev–Trinajstić information content (AvgIpc) is 2.80. The van der Waals surface area contributed by atoms with Crippen molar-refractivity contribution in [2.24, 2.45) is 0 Å². The van der Waals surface area contributed by atoms with Crippen LogP contribution in [0.2, 0.25) is 0 Å². The quantitative estimate of drug-likeness (QED) is 0.548. The molecule has 1 aromatic carbocycles. The minimum absolute atomic E-state index is 0.0580. The number of nitrogen functional groups attached to an aromatic ring is 1. The number of imidazole rings is 1. The third-order valence-corrected chi connectivity index (χ3v) is 2.80. The van der Waals surface area contributed by atoms with Gasteiger partial charge in [0, 0.05) is 18.6 Å². The second-order valence-corrected chi connectivity index (χ2v) is 4.25. The Labute approximate surface area is 112 Å². The second-order valence-electron chi connectivity index (χ2n) is 4.25. The first-order chi connectivity index (χ1) is 9.61. The second kappa shape index (κ2) is 4.57. The maximum Gasteiger partial charge on any atom is 0.269 e. The van der Waals surface area contributed by atoms with Gasteiger partial charge in [-0.3, -0.25) is 10.1 Å². The predicted octanol–water partition coefficient (Wildman–Crippen LogP) is 1.43. The summed E-state index contributed by atoms with van der Waals surface area (Å²) in [6, 6.07) is 6.43. The smallest absolute Gasteiger partial charge is 0.269 e. The fraction of sp³-hybridized carbons (Fsp3) is 0.0833. The lowest BCUT2D eigenvalue weighted by Gasteiger charge is -1.98. The van der Waals surface area contributed by atoms with E-state index in [0.29, 0.717) is 23.4 Å².